The third-order valence-corrected chi connectivity index (χ3v) is 5.37. The van der Waals surface area contributed by atoms with E-state index in [2.05, 4.69) is 4.72 Å². The standard InChI is InChI=1S/C13H19ClN2O3S/c1-10-2-3-12(14)8-13(10)15-20(18,19)16-6-4-11(9-17)5-7-16/h2-3,8,11,15,17H,4-7,9H2,1H3. The average Bonchev–Trinajstić information content (AvgIpc) is 2.43. The van der Waals surface area contributed by atoms with Crippen LogP contribution in [0, 0.1) is 12.8 Å². The highest BCUT2D eigenvalue weighted by molar-refractivity contribution is 7.90. The first-order valence-electron chi connectivity index (χ1n) is 6.57. The van der Waals surface area contributed by atoms with Crippen molar-refractivity contribution in [3.05, 3.63) is 28.8 Å². The number of benzene rings is 1. The van der Waals surface area contributed by atoms with Gasteiger partial charge in [-0.15, -0.1) is 0 Å². The molecule has 112 valence electrons. The van der Waals surface area contributed by atoms with Crippen molar-refractivity contribution in [1.29, 1.82) is 0 Å². The number of piperidine rings is 1. The van der Waals surface area contributed by atoms with E-state index in [0.29, 0.717) is 36.6 Å². The van der Waals surface area contributed by atoms with Gasteiger partial charge in [0.05, 0.1) is 5.69 Å². The molecule has 0 atom stereocenters. The van der Waals surface area contributed by atoms with Crippen LogP contribution in [0.2, 0.25) is 5.02 Å². The van der Waals surface area contributed by atoms with Crippen molar-refractivity contribution in [2.75, 3.05) is 24.4 Å². The zero-order valence-electron chi connectivity index (χ0n) is 11.3. The van der Waals surface area contributed by atoms with Crippen LogP contribution in [0.1, 0.15) is 18.4 Å². The quantitative estimate of drug-likeness (QED) is 0.892. The van der Waals surface area contributed by atoms with Crippen LogP contribution in [0.4, 0.5) is 5.69 Å². The van der Waals surface area contributed by atoms with E-state index in [9.17, 15) is 8.42 Å². The van der Waals surface area contributed by atoms with E-state index < -0.39 is 10.2 Å². The van der Waals surface area contributed by atoms with Gasteiger partial charge < -0.3 is 5.11 Å². The van der Waals surface area contributed by atoms with Gasteiger partial charge >= 0.3 is 10.2 Å². The Bertz CT molecular complexity index is 569. The Morgan fingerprint density at radius 2 is 2.05 bits per heavy atom. The Labute approximate surface area is 124 Å². The number of aliphatic hydroxyl groups excluding tert-OH is 1. The third-order valence-electron chi connectivity index (χ3n) is 3.61. The van der Waals surface area contributed by atoms with Crippen LogP contribution in [0.5, 0.6) is 0 Å². The summed E-state index contributed by atoms with van der Waals surface area (Å²) < 4.78 is 28.6. The lowest BCUT2D eigenvalue weighted by atomic mass is 10.00. The van der Waals surface area contributed by atoms with Gasteiger partial charge in [0.2, 0.25) is 0 Å². The molecule has 0 spiro atoms. The highest BCUT2D eigenvalue weighted by Gasteiger charge is 2.27. The summed E-state index contributed by atoms with van der Waals surface area (Å²) in [5, 5.41) is 9.58. The summed E-state index contributed by atoms with van der Waals surface area (Å²) >= 11 is 5.89. The molecule has 0 bridgehead atoms. The summed E-state index contributed by atoms with van der Waals surface area (Å²) in [5.41, 5.74) is 1.32. The predicted octanol–water partition coefficient (Wildman–Crippen LogP) is 2.01. The summed E-state index contributed by atoms with van der Waals surface area (Å²) in [6.45, 7) is 2.81. The molecular formula is C13H19ClN2O3S. The van der Waals surface area contributed by atoms with Gasteiger partial charge in [0.1, 0.15) is 0 Å². The maximum absolute atomic E-state index is 12.3. The Balaban J connectivity index is 2.10. The second-order valence-electron chi connectivity index (χ2n) is 5.09. The lowest BCUT2D eigenvalue weighted by molar-refractivity contribution is 0.170. The van der Waals surface area contributed by atoms with E-state index in [1.807, 2.05) is 6.92 Å². The maximum atomic E-state index is 12.3. The molecule has 1 aliphatic rings. The molecule has 1 heterocycles. The molecule has 7 heteroatoms. The SMILES string of the molecule is Cc1ccc(Cl)cc1NS(=O)(=O)N1CCC(CO)CC1. The molecule has 0 saturated carbocycles. The summed E-state index contributed by atoms with van der Waals surface area (Å²) in [4.78, 5) is 0. The Kier molecular flexibility index (Phi) is 4.90. The number of aryl methyl sites for hydroxylation is 1. The van der Waals surface area contributed by atoms with Crippen LogP contribution in [0.3, 0.4) is 0 Å². The summed E-state index contributed by atoms with van der Waals surface area (Å²) in [5.74, 6) is 0.203. The van der Waals surface area contributed by atoms with Crippen molar-refractivity contribution in [3.8, 4) is 0 Å². The molecule has 1 aliphatic heterocycles. The monoisotopic (exact) mass is 318 g/mol. The molecule has 1 saturated heterocycles. The number of nitrogens with one attached hydrogen (secondary N) is 1. The van der Waals surface area contributed by atoms with E-state index in [0.717, 1.165) is 5.56 Å². The van der Waals surface area contributed by atoms with Crippen molar-refractivity contribution < 1.29 is 13.5 Å². The van der Waals surface area contributed by atoms with E-state index in [1.54, 1.807) is 18.2 Å². The number of hydrogen-bond donors (Lipinski definition) is 2. The summed E-state index contributed by atoms with van der Waals surface area (Å²) in [7, 11) is -3.56. The minimum Gasteiger partial charge on any atom is -0.396 e. The predicted molar refractivity (Wildman–Crippen MR) is 80.1 cm³/mol. The number of rotatable bonds is 4. The first kappa shape index (κ1) is 15.6. The fourth-order valence-corrected chi connectivity index (χ4v) is 3.73. The molecule has 5 nitrogen and oxygen atoms in total. The summed E-state index contributed by atoms with van der Waals surface area (Å²) in [6, 6.07) is 5.11. The van der Waals surface area contributed by atoms with Crippen molar-refractivity contribution in [1.82, 2.24) is 4.31 Å². The van der Waals surface area contributed by atoms with Crippen LogP contribution >= 0.6 is 11.6 Å². The third kappa shape index (κ3) is 3.63. The van der Waals surface area contributed by atoms with Crippen molar-refractivity contribution >= 4 is 27.5 Å². The number of nitrogens with zero attached hydrogens (tertiary/aromatic N) is 1. The maximum Gasteiger partial charge on any atom is 0.301 e. The largest absolute Gasteiger partial charge is 0.396 e. The minimum atomic E-state index is -3.56. The molecule has 2 N–H and O–H groups in total. The smallest absolute Gasteiger partial charge is 0.301 e. The van der Waals surface area contributed by atoms with Gasteiger partial charge in [-0.2, -0.15) is 12.7 Å². The molecule has 1 fully saturated rings. The van der Waals surface area contributed by atoms with Crippen molar-refractivity contribution in [2.24, 2.45) is 5.92 Å². The first-order valence-corrected chi connectivity index (χ1v) is 8.39. The second-order valence-corrected chi connectivity index (χ2v) is 7.20. The van der Waals surface area contributed by atoms with E-state index in [1.165, 1.54) is 4.31 Å². The van der Waals surface area contributed by atoms with Gasteiger partial charge in [-0.25, -0.2) is 0 Å². The minimum absolute atomic E-state index is 0.120. The molecular weight excluding hydrogens is 300 g/mol. The Morgan fingerprint density at radius 1 is 1.40 bits per heavy atom. The molecule has 0 unspecified atom stereocenters. The number of halogens is 1. The second kappa shape index (κ2) is 6.30. The zero-order chi connectivity index (χ0) is 14.8. The van der Waals surface area contributed by atoms with Gasteiger partial charge in [0, 0.05) is 24.7 Å². The fraction of sp³-hybridized carbons (Fsp3) is 0.538. The molecule has 0 amide bonds. The topological polar surface area (TPSA) is 69.6 Å². The van der Waals surface area contributed by atoms with Crippen LogP contribution in [0.15, 0.2) is 18.2 Å². The molecule has 2 rings (SSSR count). The van der Waals surface area contributed by atoms with Gasteiger partial charge in [-0.1, -0.05) is 17.7 Å². The van der Waals surface area contributed by atoms with Crippen LogP contribution < -0.4 is 4.72 Å². The van der Waals surface area contributed by atoms with Gasteiger partial charge in [0.15, 0.2) is 0 Å². The highest BCUT2D eigenvalue weighted by Crippen LogP contribution is 2.24. The molecule has 20 heavy (non-hydrogen) atoms. The van der Waals surface area contributed by atoms with Gasteiger partial charge in [0.25, 0.3) is 0 Å². The highest BCUT2D eigenvalue weighted by atomic mass is 35.5. The normalized spacial score (nSPS) is 18.1. The molecule has 1 aromatic rings. The van der Waals surface area contributed by atoms with Crippen molar-refractivity contribution in [2.45, 2.75) is 19.8 Å². The molecule has 0 radical (unpaired) electrons. The fourth-order valence-electron chi connectivity index (χ4n) is 2.24. The van der Waals surface area contributed by atoms with Crippen LogP contribution in [-0.2, 0) is 10.2 Å². The van der Waals surface area contributed by atoms with E-state index in [4.69, 9.17) is 16.7 Å². The number of hydrogen-bond acceptors (Lipinski definition) is 3. The average molecular weight is 319 g/mol. The Morgan fingerprint density at radius 3 is 2.65 bits per heavy atom. The van der Waals surface area contributed by atoms with Crippen LogP contribution in [-0.4, -0.2) is 37.5 Å². The number of aliphatic hydroxyl groups is 1. The van der Waals surface area contributed by atoms with E-state index in [-0.39, 0.29) is 12.5 Å². The van der Waals surface area contributed by atoms with Gasteiger partial charge in [-0.05, 0) is 43.4 Å². The first-order chi connectivity index (χ1) is 9.42. The summed E-state index contributed by atoms with van der Waals surface area (Å²) in [6.07, 6.45) is 1.37. The lowest BCUT2D eigenvalue weighted by Gasteiger charge is -2.30. The van der Waals surface area contributed by atoms with Crippen molar-refractivity contribution in [3.63, 3.8) is 0 Å². The molecule has 0 aromatic heterocycles. The Hall–Kier alpha value is -0.820. The molecule has 0 aliphatic carbocycles. The van der Waals surface area contributed by atoms with E-state index >= 15 is 0 Å². The zero-order valence-corrected chi connectivity index (χ0v) is 12.9. The lowest BCUT2D eigenvalue weighted by Crippen LogP contribution is -2.42. The molecule has 1 aromatic carbocycles. The number of anilines is 1. The van der Waals surface area contributed by atoms with Gasteiger partial charge in [-0.3, -0.25) is 4.72 Å². The van der Waals surface area contributed by atoms with Crippen LogP contribution in [0.25, 0.3) is 0 Å².